The van der Waals surface area contributed by atoms with Gasteiger partial charge in [0.25, 0.3) is 5.91 Å². The first-order valence-electron chi connectivity index (χ1n) is 10.6. The predicted octanol–water partition coefficient (Wildman–Crippen LogP) is 4.42. The van der Waals surface area contributed by atoms with E-state index in [1.165, 1.54) is 0 Å². The lowest BCUT2D eigenvalue weighted by molar-refractivity contribution is 0.0926. The molecule has 0 saturated heterocycles. The molecule has 0 aliphatic heterocycles. The lowest BCUT2D eigenvalue weighted by Gasteiger charge is -2.28. The average molecular weight is 415 g/mol. The number of rotatable bonds is 5. The van der Waals surface area contributed by atoms with Crippen molar-refractivity contribution in [3.63, 3.8) is 0 Å². The number of carbonyl (C=O) groups excluding carboxylic acids is 1. The number of hydrogen-bond donors (Lipinski definition) is 3. The molecule has 2 aromatic carbocycles. The molecule has 5 rings (SSSR count). The number of para-hydroxylation sites is 2. The van der Waals surface area contributed by atoms with E-state index in [1.807, 2.05) is 42.5 Å². The molecule has 4 aromatic rings. The Morgan fingerprint density at radius 2 is 1.84 bits per heavy atom. The summed E-state index contributed by atoms with van der Waals surface area (Å²) in [6, 6.07) is 15.9. The maximum absolute atomic E-state index is 12.9. The maximum atomic E-state index is 12.9. The average Bonchev–Trinajstić information content (AvgIpc) is 3.47. The Kier molecular flexibility index (Phi) is 5.16. The highest BCUT2D eigenvalue weighted by Crippen LogP contribution is 2.33. The Labute approximate surface area is 180 Å². The number of ether oxygens (including phenoxy) is 1. The van der Waals surface area contributed by atoms with Crippen LogP contribution >= 0.6 is 0 Å². The van der Waals surface area contributed by atoms with Gasteiger partial charge in [-0.05, 0) is 62.1 Å². The highest BCUT2D eigenvalue weighted by Gasteiger charge is 2.26. The van der Waals surface area contributed by atoms with Gasteiger partial charge in [-0.1, -0.05) is 12.1 Å². The van der Waals surface area contributed by atoms with Gasteiger partial charge in [0.2, 0.25) is 0 Å². The van der Waals surface area contributed by atoms with Crippen molar-refractivity contribution in [2.75, 3.05) is 7.11 Å². The fourth-order valence-corrected chi connectivity index (χ4v) is 4.38. The number of nitrogens with one attached hydrogen (secondary N) is 3. The third-order valence-electron chi connectivity index (χ3n) is 6.12. The molecule has 1 fully saturated rings. The smallest absolute Gasteiger partial charge is 0.255 e. The van der Waals surface area contributed by atoms with Crippen molar-refractivity contribution in [3.8, 4) is 17.0 Å². The zero-order chi connectivity index (χ0) is 21.2. The van der Waals surface area contributed by atoms with Crippen molar-refractivity contribution in [2.45, 2.75) is 37.6 Å². The molecule has 2 aromatic heterocycles. The molecular weight excluding hydrogens is 390 g/mol. The second-order valence-electron chi connectivity index (χ2n) is 8.05. The van der Waals surface area contributed by atoms with Gasteiger partial charge in [0.15, 0.2) is 0 Å². The minimum absolute atomic E-state index is 0.0910. The minimum Gasteiger partial charge on any atom is -0.497 e. The SMILES string of the molecule is COc1ccc(-c2[nH]ncc2C(=O)NC2CCC(c3nc4ccccc4[nH]3)CC2)cc1. The van der Waals surface area contributed by atoms with Crippen molar-refractivity contribution in [2.24, 2.45) is 0 Å². The lowest BCUT2D eigenvalue weighted by Crippen LogP contribution is -2.37. The molecule has 0 atom stereocenters. The number of imidazole rings is 1. The van der Waals surface area contributed by atoms with Crippen LogP contribution in [0.3, 0.4) is 0 Å². The number of carbonyl (C=O) groups is 1. The first kappa shape index (κ1) is 19.4. The van der Waals surface area contributed by atoms with Gasteiger partial charge in [0.1, 0.15) is 11.6 Å². The third kappa shape index (κ3) is 3.91. The minimum atomic E-state index is -0.0910. The largest absolute Gasteiger partial charge is 0.497 e. The fraction of sp³-hybridized carbons (Fsp3) is 0.292. The molecule has 1 amide bonds. The Hall–Kier alpha value is -3.61. The van der Waals surface area contributed by atoms with Gasteiger partial charge >= 0.3 is 0 Å². The normalized spacial score (nSPS) is 18.7. The van der Waals surface area contributed by atoms with Crippen LogP contribution in [0.2, 0.25) is 0 Å². The van der Waals surface area contributed by atoms with Crippen molar-refractivity contribution in [1.29, 1.82) is 0 Å². The Balaban J connectivity index is 1.23. The third-order valence-corrected chi connectivity index (χ3v) is 6.12. The van der Waals surface area contributed by atoms with Crippen molar-refractivity contribution >= 4 is 16.9 Å². The van der Waals surface area contributed by atoms with E-state index in [4.69, 9.17) is 9.72 Å². The monoisotopic (exact) mass is 415 g/mol. The number of aromatic nitrogens is 4. The van der Waals surface area contributed by atoms with Crippen LogP contribution in [0.15, 0.2) is 54.7 Å². The van der Waals surface area contributed by atoms with E-state index in [2.05, 4.69) is 26.6 Å². The van der Waals surface area contributed by atoms with Crippen LogP contribution in [0.25, 0.3) is 22.3 Å². The number of benzene rings is 2. The van der Waals surface area contributed by atoms with E-state index >= 15 is 0 Å². The van der Waals surface area contributed by atoms with E-state index in [0.29, 0.717) is 11.5 Å². The quantitative estimate of drug-likeness (QED) is 0.450. The molecule has 31 heavy (non-hydrogen) atoms. The molecule has 7 heteroatoms. The number of aromatic amines is 2. The first-order chi connectivity index (χ1) is 15.2. The van der Waals surface area contributed by atoms with Gasteiger partial charge in [-0.25, -0.2) is 4.98 Å². The molecule has 0 unspecified atom stereocenters. The van der Waals surface area contributed by atoms with Crippen LogP contribution in [-0.4, -0.2) is 39.2 Å². The summed E-state index contributed by atoms with van der Waals surface area (Å²) in [6.45, 7) is 0. The molecule has 2 heterocycles. The highest BCUT2D eigenvalue weighted by molar-refractivity contribution is 5.99. The van der Waals surface area contributed by atoms with Crippen LogP contribution in [0.5, 0.6) is 5.75 Å². The molecule has 158 valence electrons. The summed E-state index contributed by atoms with van der Waals surface area (Å²) in [7, 11) is 1.63. The van der Waals surface area contributed by atoms with E-state index in [-0.39, 0.29) is 11.9 Å². The predicted molar refractivity (Wildman–Crippen MR) is 119 cm³/mol. The van der Waals surface area contributed by atoms with Crippen LogP contribution in [0.4, 0.5) is 0 Å². The van der Waals surface area contributed by atoms with Crippen LogP contribution < -0.4 is 10.1 Å². The molecule has 1 aliphatic rings. The summed E-state index contributed by atoms with van der Waals surface area (Å²) in [5.74, 6) is 2.15. The zero-order valence-corrected chi connectivity index (χ0v) is 17.4. The maximum Gasteiger partial charge on any atom is 0.255 e. The molecule has 7 nitrogen and oxygen atoms in total. The number of methoxy groups -OCH3 is 1. The molecule has 3 N–H and O–H groups in total. The Morgan fingerprint density at radius 3 is 2.58 bits per heavy atom. The second kappa shape index (κ2) is 8.26. The number of nitrogens with zero attached hydrogens (tertiary/aromatic N) is 2. The summed E-state index contributed by atoms with van der Waals surface area (Å²) >= 11 is 0. The summed E-state index contributed by atoms with van der Waals surface area (Å²) in [6.07, 6.45) is 5.46. The van der Waals surface area contributed by atoms with Crippen molar-refractivity contribution in [3.05, 3.63) is 66.1 Å². The topological polar surface area (TPSA) is 95.7 Å². The van der Waals surface area contributed by atoms with Crippen LogP contribution in [0.1, 0.15) is 47.8 Å². The zero-order valence-electron chi connectivity index (χ0n) is 17.4. The van der Waals surface area contributed by atoms with Crippen molar-refractivity contribution < 1.29 is 9.53 Å². The summed E-state index contributed by atoms with van der Waals surface area (Å²) in [5, 5.41) is 10.3. The summed E-state index contributed by atoms with van der Waals surface area (Å²) in [5.41, 5.74) is 4.27. The van der Waals surface area contributed by atoms with Gasteiger partial charge in [-0.15, -0.1) is 0 Å². The van der Waals surface area contributed by atoms with Gasteiger partial charge in [-0.2, -0.15) is 5.10 Å². The standard InChI is InChI=1S/C24H25N5O2/c1-31-18-12-8-15(9-13-18)22-19(14-25-29-22)24(30)26-17-10-6-16(7-11-17)23-27-20-4-2-3-5-21(20)28-23/h2-5,8-9,12-14,16-17H,6-7,10-11H2,1H3,(H,25,29)(H,26,30)(H,27,28). The molecule has 1 aliphatic carbocycles. The van der Waals surface area contributed by atoms with Gasteiger partial charge < -0.3 is 15.0 Å². The fourth-order valence-electron chi connectivity index (χ4n) is 4.38. The molecule has 1 saturated carbocycles. The van der Waals surface area contributed by atoms with E-state index in [9.17, 15) is 4.79 Å². The first-order valence-corrected chi connectivity index (χ1v) is 10.6. The number of hydrogen-bond acceptors (Lipinski definition) is 4. The summed E-state index contributed by atoms with van der Waals surface area (Å²) < 4.78 is 5.21. The highest BCUT2D eigenvalue weighted by atomic mass is 16.5. The Morgan fingerprint density at radius 1 is 1.06 bits per heavy atom. The van der Waals surface area contributed by atoms with Gasteiger partial charge in [0, 0.05) is 17.5 Å². The number of amides is 1. The summed E-state index contributed by atoms with van der Waals surface area (Å²) in [4.78, 5) is 21.2. The van der Waals surface area contributed by atoms with E-state index in [0.717, 1.165) is 59.5 Å². The van der Waals surface area contributed by atoms with Gasteiger partial charge in [0.05, 0.1) is 35.6 Å². The number of H-pyrrole nitrogens is 2. The molecule has 0 bridgehead atoms. The van der Waals surface area contributed by atoms with E-state index < -0.39 is 0 Å². The Bertz CT molecular complexity index is 1150. The molecule has 0 spiro atoms. The molecule has 0 radical (unpaired) electrons. The van der Waals surface area contributed by atoms with Crippen LogP contribution in [-0.2, 0) is 0 Å². The second-order valence-corrected chi connectivity index (χ2v) is 8.05. The van der Waals surface area contributed by atoms with E-state index in [1.54, 1.807) is 13.3 Å². The van der Waals surface area contributed by atoms with Crippen LogP contribution in [0, 0.1) is 0 Å². The lowest BCUT2D eigenvalue weighted by atomic mass is 9.85. The number of fused-ring (bicyclic) bond motifs is 1. The van der Waals surface area contributed by atoms with Crippen molar-refractivity contribution in [1.82, 2.24) is 25.5 Å². The van der Waals surface area contributed by atoms with Gasteiger partial charge in [-0.3, -0.25) is 9.89 Å². The molecular formula is C24H25N5O2.